The van der Waals surface area contributed by atoms with E-state index >= 15 is 0 Å². The van der Waals surface area contributed by atoms with Gasteiger partial charge in [0.25, 0.3) is 0 Å². The zero-order chi connectivity index (χ0) is 7.28. The molecular weight excluding hydrogens is 118 g/mol. The molecule has 0 aliphatic heterocycles. The van der Waals surface area contributed by atoms with Crippen LogP contribution in [0.5, 0.6) is 0 Å². The van der Waals surface area contributed by atoms with Crippen LogP contribution in [0.2, 0.25) is 0 Å². The average Bonchev–Trinajstić information content (AvgIpc) is 1.83. The Bertz CT molecular complexity index is 140. The lowest BCUT2D eigenvalue weighted by atomic mass is 10.3. The number of carbonyl (C=O) groups is 1. The minimum atomic E-state index is -0.993. The molecule has 0 saturated carbocycles. The summed E-state index contributed by atoms with van der Waals surface area (Å²) in [5.74, 6) is -0.993. The van der Waals surface area contributed by atoms with E-state index in [4.69, 9.17) is 10.8 Å². The maximum Gasteiger partial charge on any atom is 0.328 e. The zero-order valence-electron chi connectivity index (χ0n) is 4.95. The molecule has 50 valence electrons. The van der Waals surface area contributed by atoms with E-state index in [-0.39, 0.29) is 6.04 Å². The molecule has 0 aromatic carbocycles. The van der Waals surface area contributed by atoms with Gasteiger partial charge in [0.2, 0.25) is 0 Å². The topological polar surface area (TPSA) is 63.3 Å². The summed E-state index contributed by atoms with van der Waals surface area (Å²) < 4.78 is 0. The first-order chi connectivity index (χ1) is 4.16. The van der Waals surface area contributed by atoms with Crippen LogP contribution in [0.4, 0.5) is 0 Å². The van der Waals surface area contributed by atoms with Gasteiger partial charge in [0, 0.05) is 12.1 Å². The van der Waals surface area contributed by atoms with E-state index in [0.29, 0.717) is 0 Å². The Labute approximate surface area is 53.5 Å². The molecule has 1 atom stereocenters. The van der Waals surface area contributed by atoms with Crippen molar-refractivity contribution in [1.29, 1.82) is 0 Å². The molecule has 0 amide bonds. The third-order valence-corrected chi connectivity index (χ3v) is 0.733. The average molecular weight is 127 g/mol. The second-order valence-corrected chi connectivity index (χ2v) is 1.51. The first kappa shape index (κ1) is 7.91. The van der Waals surface area contributed by atoms with Crippen molar-refractivity contribution in [2.24, 2.45) is 5.73 Å². The minimum Gasteiger partial charge on any atom is -0.478 e. The summed E-state index contributed by atoms with van der Waals surface area (Å²) in [5, 5.41) is 8.08. The van der Waals surface area contributed by atoms with Crippen molar-refractivity contribution in [1.82, 2.24) is 0 Å². The predicted molar refractivity (Wildman–Crippen MR) is 34.9 cm³/mol. The number of rotatable bonds is 3. The Morgan fingerprint density at radius 1 is 1.78 bits per heavy atom. The van der Waals surface area contributed by atoms with Crippen molar-refractivity contribution in [3.63, 3.8) is 0 Å². The largest absolute Gasteiger partial charge is 0.478 e. The molecule has 9 heavy (non-hydrogen) atoms. The Morgan fingerprint density at radius 3 is 2.67 bits per heavy atom. The van der Waals surface area contributed by atoms with Crippen LogP contribution in [-0.2, 0) is 4.79 Å². The van der Waals surface area contributed by atoms with E-state index < -0.39 is 5.97 Å². The van der Waals surface area contributed by atoms with Gasteiger partial charge >= 0.3 is 5.97 Å². The smallest absolute Gasteiger partial charge is 0.328 e. The zero-order valence-corrected chi connectivity index (χ0v) is 4.95. The second-order valence-electron chi connectivity index (χ2n) is 1.51. The van der Waals surface area contributed by atoms with Crippen LogP contribution in [-0.4, -0.2) is 17.1 Å². The monoisotopic (exact) mass is 127 g/mol. The fourth-order valence-corrected chi connectivity index (χ4v) is 0.272. The van der Waals surface area contributed by atoms with E-state index in [9.17, 15) is 4.79 Å². The number of nitrogens with two attached hydrogens (primary N) is 1. The maximum atomic E-state index is 9.84. The first-order valence-corrected chi connectivity index (χ1v) is 2.46. The highest BCUT2D eigenvalue weighted by molar-refractivity contribution is 5.79. The fourth-order valence-electron chi connectivity index (χ4n) is 0.272. The summed E-state index contributed by atoms with van der Waals surface area (Å²) in [6.07, 6.45) is 3.81. The summed E-state index contributed by atoms with van der Waals surface area (Å²) in [6.45, 7) is 3.37. The van der Waals surface area contributed by atoms with E-state index in [0.717, 1.165) is 6.08 Å². The molecule has 0 rings (SSSR count). The van der Waals surface area contributed by atoms with Gasteiger partial charge in [0.15, 0.2) is 0 Å². The van der Waals surface area contributed by atoms with Gasteiger partial charge in [-0.3, -0.25) is 0 Å². The lowest BCUT2D eigenvalue weighted by Crippen LogP contribution is -2.12. The van der Waals surface area contributed by atoms with Crippen molar-refractivity contribution in [3.05, 3.63) is 24.8 Å². The lowest BCUT2D eigenvalue weighted by molar-refractivity contribution is -0.131. The molecule has 0 bridgehead atoms. The molecule has 3 N–H and O–H groups in total. The molecular formula is C6H9NO2. The SMILES string of the molecule is C=CC(N)C=CC(=O)O. The molecule has 0 saturated heterocycles. The molecule has 0 radical (unpaired) electrons. The lowest BCUT2D eigenvalue weighted by Gasteiger charge is -1.92. The van der Waals surface area contributed by atoms with E-state index in [1.165, 1.54) is 12.2 Å². The van der Waals surface area contributed by atoms with Crippen molar-refractivity contribution in [2.45, 2.75) is 6.04 Å². The number of carboxylic acid groups (broad SMARTS) is 1. The summed E-state index contributed by atoms with van der Waals surface area (Å²) in [6, 6.07) is -0.360. The van der Waals surface area contributed by atoms with Gasteiger partial charge in [-0.15, -0.1) is 6.58 Å². The van der Waals surface area contributed by atoms with Gasteiger partial charge in [-0.1, -0.05) is 12.2 Å². The fraction of sp³-hybridized carbons (Fsp3) is 0.167. The van der Waals surface area contributed by atoms with Crippen molar-refractivity contribution in [2.75, 3.05) is 0 Å². The molecule has 0 aliphatic carbocycles. The molecule has 3 nitrogen and oxygen atoms in total. The summed E-state index contributed by atoms with van der Waals surface area (Å²) in [5.41, 5.74) is 5.25. The molecule has 0 heterocycles. The molecule has 0 fully saturated rings. The van der Waals surface area contributed by atoms with Gasteiger partial charge in [0.05, 0.1) is 0 Å². The van der Waals surface area contributed by atoms with Crippen LogP contribution >= 0.6 is 0 Å². The molecule has 0 spiro atoms. The van der Waals surface area contributed by atoms with E-state index in [2.05, 4.69) is 6.58 Å². The number of carboxylic acids is 1. The Hall–Kier alpha value is -1.09. The number of hydrogen-bond acceptors (Lipinski definition) is 2. The quantitative estimate of drug-likeness (QED) is 0.418. The third kappa shape index (κ3) is 4.77. The van der Waals surface area contributed by atoms with Crippen molar-refractivity contribution in [3.8, 4) is 0 Å². The standard InChI is InChI=1S/C6H9NO2/c1-2-5(7)3-4-6(8)9/h2-5H,1,7H2,(H,8,9). The maximum absolute atomic E-state index is 9.84. The third-order valence-electron chi connectivity index (χ3n) is 0.733. The first-order valence-electron chi connectivity index (χ1n) is 2.46. The van der Waals surface area contributed by atoms with Gasteiger partial charge in [0.1, 0.15) is 0 Å². The van der Waals surface area contributed by atoms with Crippen molar-refractivity contribution < 1.29 is 9.90 Å². The number of hydrogen-bond donors (Lipinski definition) is 2. The Kier molecular flexibility index (Phi) is 3.39. The highest BCUT2D eigenvalue weighted by Gasteiger charge is 1.88. The van der Waals surface area contributed by atoms with Gasteiger partial charge < -0.3 is 10.8 Å². The van der Waals surface area contributed by atoms with Crippen LogP contribution < -0.4 is 5.73 Å². The van der Waals surface area contributed by atoms with Gasteiger partial charge in [-0.05, 0) is 0 Å². The second kappa shape index (κ2) is 3.86. The molecule has 3 heteroatoms. The minimum absolute atomic E-state index is 0.360. The van der Waals surface area contributed by atoms with Crippen LogP contribution in [0.3, 0.4) is 0 Å². The summed E-state index contributed by atoms with van der Waals surface area (Å²) in [4.78, 5) is 9.84. The van der Waals surface area contributed by atoms with E-state index in [1.54, 1.807) is 0 Å². The predicted octanol–water partition coefficient (Wildman–Crippen LogP) is 0.140. The molecule has 0 aromatic rings. The highest BCUT2D eigenvalue weighted by Crippen LogP contribution is 1.81. The molecule has 1 unspecified atom stereocenters. The van der Waals surface area contributed by atoms with Crippen LogP contribution in [0.15, 0.2) is 24.8 Å². The van der Waals surface area contributed by atoms with Crippen LogP contribution in [0, 0.1) is 0 Å². The Morgan fingerprint density at radius 2 is 2.33 bits per heavy atom. The van der Waals surface area contributed by atoms with Crippen molar-refractivity contribution >= 4 is 5.97 Å². The normalized spacial score (nSPS) is 13.4. The highest BCUT2D eigenvalue weighted by atomic mass is 16.4. The Balaban J connectivity index is 3.69. The van der Waals surface area contributed by atoms with Gasteiger partial charge in [-0.25, -0.2) is 4.79 Å². The van der Waals surface area contributed by atoms with Gasteiger partial charge in [-0.2, -0.15) is 0 Å². The van der Waals surface area contributed by atoms with Crippen LogP contribution in [0.25, 0.3) is 0 Å². The molecule has 0 aliphatic rings. The summed E-state index contributed by atoms with van der Waals surface area (Å²) in [7, 11) is 0. The summed E-state index contributed by atoms with van der Waals surface area (Å²) >= 11 is 0. The van der Waals surface area contributed by atoms with E-state index in [1.807, 2.05) is 0 Å². The number of aliphatic carboxylic acids is 1. The van der Waals surface area contributed by atoms with Crippen LogP contribution in [0.1, 0.15) is 0 Å². The molecule has 0 aromatic heterocycles.